The second kappa shape index (κ2) is 24.0. The van der Waals surface area contributed by atoms with Crippen LogP contribution in [-0.2, 0) is 41.7 Å². The summed E-state index contributed by atoms with van der Waals surface area (Å²) < 4.78 is 56.1. The number of hydrogen-bond acceptors (Lipinski definition) is 7. The molecule has 0 radical (unpaired) electrons. The zero-order chi connectivity index (χ0) is 45.3. The summed E-state index contributed by atoms with van der Waals surface area (Å²) in [6.45, 7) is 7.90. The van der Waals surface area contributed by atoms with Crippen molar-refractivity contribution in [3.05, 3.63) is 210 Å². The molecule has 7 aromatic rings. The van der Waals surface area contributed by atoms with Crippen molar-refractivity contribution in [3.63, 3.8) is 0 Å². The number of alkyl halides is 1. The van der Waals surface area contributed by atoms with Gasteiger partial charge < -0.3 is 28.1 Å². The van der Waals surface area contributed by atoms with Gasteiger partial charge in [0, 0.05) is 22.4 Å². The number of ether oxygens (including phenoxy) is 5. The normalized spacial score (nSPS) is 12.7. The predicted molar refractivity (Wildman–Crippen MR) is 266 cm³/mol. The molecule has 0 aromatic heterocycles. The van der Waals surface area contributed by atoms with Gasteiger partial charge in [0.2, 0.25) is 0 Å². The van der Waals surface area contributed by atoms with Crippen molar-refractivity contribution in [2.75, 3.05) is 5.33 Å². The van der Waals surface area contributed by atoms with Gasteiger partial charge in [-0.15, -0.1) is 0 Å². The molecule has 0 bridgehead atoms. The topological polar surface area (TPSA) is 72.5 Å². The average molecular weight is 970 g/mol. The van der Waals surface area contributed by atoms with Crippen molar-refractivity contribution < 1.29 is 32.3 Å². The van der Waals surface area contributed by atoms with Crippen molar-refractivity contribution >= 4 is 35.0 Å². The van der Waals surface area contributed by atoms with Gasteiger partial charge in [-0.25, -0.2) is 4.21 Å². The minimum atomic E-state index is -2.23. The summed E-state index contributed by atoms with van der Waals surface area (Å²) in [5.74, 6) is 2.42. The monoisotopic (exact) mass is 968 g/mol. The van der Waals surface area contributed by atoms with Gasteiger partial charge in [0.1, 0.15) is 54.7 Å². The van der Waals surface area contributed by atoms with Crippen LogP contribution in [0.5, 0.6) is 28.7 Å². The third-order valence-corrected chi connectivity index (χ3v) is 18.3. The lowest BCUT2D eigenvalue weighted by Crippen LogP contribution is -2.43. The lowest BCUT2D eigenvalue weighted by Gasteiger charge is -2.37. The molecule has 0 saturated heterocycles. The van der Waals surface area contributed by atoms with Crippen molar-refractivity contribution in [3.8, 4) is 28.7 Å². The fourth-order valence-corrected chi connectivity index (χ4v) is 12.3. The molecule has 65 heavy (non-hydrogen) atoms. The Labute approximate surface area is 396 Å². The van der Waals surface area contributed by atoms with Crippen molar-refractivity contribution in [2.24, 2.45) is 0 Å². The van der Waals surface area contributed by atoms with E-state index in [-0.39, 0.29) is 6.61 Å². The van der Waals surface area contributed by atoms with E-state index in [1.54, 1.807) is 0 Å². The summed E-state index contributed by atoms with van der Waals surface area (Å²) in [6, 6.07) is 61.9. The van der Waals surface area contributed by atoms with Crippen LogP contribution in [0.2, 0.25) is 18.1 Å². The molecule has 7 nitrogen and oxygen atoms in total. The number of benzene rings is 7. The van der Waals surface area contributed by atoms with E-state index in [1.165, 1.54) is 0 Å². The largest absolute Gasteiger partial charge is 0.489 e. The summed E-state index contributed by atoms with van der Waals surface area (Å²) in [6.07, 6.45) is -1.17. The minimum absolute atomic E-state index is 0.238. The second-order valence-corrected chi connectivity index (χ2v) is 22.5. The van der Waals surface area contributed by atoms with Gasteiger partial charge in [-0.3, -0.25) is 0 Å². The Morgan fingerprint density at radius 3 is 1.40 bits per heavy atom. The Hall–Kier alpha value is -5.65. The van der Waals surface area contributed by atoms with Crippen molar-refractivity contribution in [1.29, 1.82) is 0 Å². The van der Waals surface area contributed by atoms with Gasteiger partial charge in [-0.05, 0) is 70.2 Å². The van der Waals surface area contributed by atoms with Crippen LogP contribution in [0.4, 0.5) is 0 Å². The van der Waals surface area contributed by atoms with E-state index >= 15 is 4.21 Å². The number of rotatable bonds is 24. The Morgan fingerprint density at radius 2 is 0.923 bits per heavy atom. The van der Waals surface area contributed by atoms with Crippen molar-refractivity contribution in [2.45, 2.75) is 87.3 Å². The summed E-state index contributed by atoms with van der Waals surface area (Å²) in [7, 11) is -3.97. The number of hydrogen-bond donors (Lipinski definition) is 0. The van der Waals surface area contributed by atoms with E-state index in [9.17, 15) is 0 Å². The van der Waals surface area contributed by atoms with Crippen LogP contribution in [0.1, 0.15) is 54.7 Å². The summed E-state index contributed by atoms with van der Waals surface area (Å²) in [5.41, 5.74) is 4.83. The summed E-state index contributed by atoms with van der Waals surface area (Å²) in [4.78, 5) is 1.00. The summed E-state index contributed by atoms with van der Waals surface area (Å²) >= 11 is 3.88. The minimum Gasteiger partial charge on any atom is -0.489 e. The van der Waals surface area contributed by atoms with E-state index in [0.29, 0.717) is 63.7 Å². The Kier molecular flexibility index (Phi) is 17.5. The zero-order valence-corrected chi connectivity index (χ0v) is 40.7. The van der Waals surface area contributed by atoms with Crippen LogP contribution >= 0.6 is 15.9 Å². The van der Waals surface area contributed by atoms with Crippen LogP contribution in [-0.4, -0.2) is 24.0 Å². The van der Waals surface area contributed by atoms with Crippen LogP contribution in [0, 0.1) is 0 Å². The first-order valence-electron chi connectivity index (χ1n) is 22.3. The molecule has 7 aromatic carbocycles. The quantitative estimate of drug-likeness (QED) is 0.0441. The average Bonchev–Trinajstić information content (AvgIpc) is 3.37. The molecule has 0 aliphatic rings. The van der Waals surface area contributed by atoms with E-state index in [4.69, 9.17) is 28.1 Å². The molecule has 1 unspecified atom stereocenters. The predicted octanol–water partition coefficient (Wildman–Crippen LogP) is 14.1. The van der Waals surface area contributed by atoms with Crippen molar-refractivity contribution in [1.82, 2.24) is 0 Å². The maximum Gasteiger partial charge on any atom is 0.192 e. The Morgan fingerprint density at radius 1 is 0.492 bits per heavy atom. The van der Waals surface area contributed by atoms with Gasteiger partial charge in [0.25, 0.3) is 0 Å². The highest BCUT2D eigenvalue weighted by Gasteiger charge is 2.38. The fourth-order valence-electron chi connectivity index (χ4n) is 7.55. The highest BCUT2D eigenvalue weighted by atomic mass is 79.9. The molecule has 0 aliphatic heterocycles. The molecule has 0 spiro atoms. The Bertz CT molecular complexity index is 2520. The van der Waals surface area contributed by atoms with E-state index in [0.717, 1.165) is 45.9 Å². The van der Waals surface area contributed by atoms with Crippen LogP contribution in [0.25, 0.3) is 0 Å². The smallest absolute Gasteiger partial charge is 0.192 e. The first-order valence-corrected chi connectivity index (χ1v) is 27.1. The van der Waals surface area contributed by atoms with Gasteiger partial charge in [0.15, 0.2) is 19.8 Å². The second-order valence-electron chi connectivity index (χ2n) is 15.7. The maximum atomic E-state index is 15.1. The maximum absolute atomic E-state index is 15.1. The lowest BCUT2D eigenvalue weighted by molar-refractivity contribution is 0.0582. The Balaban J connectivity index is 1.37. The van der Waals surface area contributed by atoms with E-state index in [2.05, 4.69) is 36.7 Å². The van der Waals surface area contributed by atoms with E-state index in [1.807, 2.05) is 182 Å². The van der Waals surface area contributed by atoms with Crippen LogP contribution in [0.15, 0.2) is 192 Å². The first kappa shape index (κ1) is 47.3. The number of halogens is 1. The van der Waals surface area contributed by atoms with Gasteiger partial charge in [-0.2, -0.15) is 0 Å². The highest BCUT2D eigenvalue weighted by molar-refractivity contribution is 9.09. The molecule has 3 atom stereocenters. The molecule has 7 rings (SSSR count). The highest BCUT2D eigenvalue weighted by Crippen LogP contribution is 2.44. The molecule has 0 fully saturated rings. The molecule has 0 aliphatic carbocycles. The molecule has 10 heteroatoms. The third-order valence-electron chi connectivity index (χ3n) is 11.5. The van der Waals surface area contributed by atoms with Gasteiger partial charge in [0.05, 0.1) is 16.9 Å². The third kappa shape index (κ3) is 13.0. The zero-order valence-electron chi connectivity index (χ0n) is 37.3. The van der Waals surface area contributed by atoms with Crippen LogP contribution < -0.4 is 23.7 Å². The molecular formula is C55H57BrO7SSi. The summed E-state index contributed by atoms with van der Waals surface area (Å²) in [5, 5.41) is 0.470. The molecular weight excluding hydrogens is 913 g/mol. The van der Waals surface area contributed by atoms with E-state index < -0.39 is 31.3 Å². The molecule has 0 N–H and O–H groups in total. The molecule has 0 amide bonds. The van der Waals surface area contributed by atoms with Crippen LogP contribution in [0.3, 0.4) is 0 Å². The first-order chi connectivity index (χ1) is 31.9. The standard InChI is InChI=1S/C55H57BrO7SSi/c1-4-65(5-2,6-3)63-53(37-56)54(46-32-33-49(59-39-43-24-14-8-15-25-43)50(34-46)60-40-44-26-16-9-17-27-44)62-52-36-47(58-38-42-22-12-7-13-23-42)35-51(61-41-45-28-18-10-19-29-45)55(52)64(57)48-30-20-11-21-31-48/h7-36,53-54H,4-6,37-41H2,1-3H3/t53-,54-,64?/m1/s1. The lowest BCUT2D eigenvalue weighted by atomic mass is 10.0. The van der Waals surface area contributed by atoms with Gasteiger partial charge in [-0.1, -0.05) is 182 Å². The van der Waals surface area contributed by atoms with Gasteiger partial charge >= 0.3 is 0 Å². The molecule has 336 valence electrons. The SMILES string of the molecule is CC[Si](CC)(CC)O[C@H](CBr)[C@H](Oc1cc(OCc2ccccc2)cc(OCc2ccccc2)c1S(=O)c1ccccc1)c1ccc(OCc2ccccc2)c(OCc2ccccc2)c1. The molecule has 0 heterocycles. The molecule has 0 saturated carbocycles. The fraction of sp³-hybridized carbons (Fsp3) is 0.236.